The van der Waals surface area contributed by atoms with Crippen molar-refractivity contribution >= 4 is 33.0 Å². The minimum Gasteiger partial charge on any atom is -0.368 e. The van der Waals surface area contributed by atoms with Crippen LogP contribution in [0.1, 0.15) is 31.0 Å². The molecule has 0 saturated heterocycles. The van der Waals surface area contributed by atoms with Crippen molar-refractivity contribution in [2.45, 2.75) is 26.4 Å². The fourth-order valence-corrected chi connectivity index (χ4v) is 3.51. The molecular formula is C16H20BrFN2S. The third kappa shape index (κ3) is 4.28. The number of halogens is 2. The van der Waals surface area contributed by atoms with Gasteiger partial charge in [-0.3, -0.25) is 0 Å². The van der Waals surface area contributed by atoms with Gasteiger partial charge in [-0.1, -0.05) is 13.0 Å². The Balaban J connectivity index is 2.12. The second kappa shape index (κ2) is 7.38. The molecule has 2 rings (SSSR count). The molecule has 2 nitrogen and oxygen atoms in total. The minimum absolute atomic E-state index is 0.164. The average molecular weight is 371 g/mol. The number of nitrogens with one attached hydrogen (secondary N) is 1. The van der Waals surface area contributed by atoms with Gasteiger partial charge in [0, 0.05) is 19.6 Å². The van der Waals surface area contributed by atoms with Crippen LogP contribution in [0.25, 0.3) is 0 Å². The molecule has 0 aliphatic heterocycles. The zero-order valence-corrected chi connectivity index (χ0v) is 14.9. The van der Waals surface area contributed by atoms with E-state index in [1.54, 1.807) is 17.4 Å². The van der Waals surface area contributed by atoms with E-state index in [9.17, 15) is 4.39 Å². The molecular weight excluding hydrogens is 351 g/mol. The van der Waals surface area contributed by atoms with Gasteiger partial charge in [0.05, 0.1) is 9.47 Å². The number of hydrogen-bond donors (Lipinski definition) is 1. The second-order valence-corrected chi connectivity index (χ2v) is 7.40. The molecule has 1 unspecified atom stereocenters. The molecule has 114 valence electrons. The number of nitrogens with zero attached hydrogens (tertiary/aromatic N) is 1. The van der Waals surface area contributed by atoms with Gasteiger partial charge in [0.15, 0.2) is 0 Å². The van der Waals surface area contributed by atoms with E-state index in [-0.39, 0.29) is 11.9 Å². The smallest absolute Gasteiger partial charge is 0.146 e. The maximum absolute atomic E-state index is 14.3. The molecule has 5 heteroatoms. The van der Waals surface area contributed by atoms with Gasteiger partial charge in [0.2, 0.25) is 0 Å². The Kier molecular flexibility index (Phi) is 5.79. The summed E-state index contributed by atoms with van der Waals surface area (Å²) in [5.41, 5.74) is 2.79. The van der Waals surface area contributed by atoms with E-state index >= 15 is 0 Å². The zero-order valence-electron chi connectivity index (χ0n) is 12.5. The fraction of sp³-hybridized carbons (Fsp3) is 0.375. The van der Waals surface area contributed by atoms with Crippen molar-refractivity contribution in [2.75, 3.05) is 18.5 Å². The first-order chi connectivity index (χ1) is 10.0. The third-order valence-corrected chi connectivity index (χ3v) is 4.99. The Hall–Kier alpha value is -0.910. The predicted molar refractivity (Wildman–Crippen MR) is 92.6 cm³/mol. The monoisotopic (exact) mass is 370 g/mol. The highest BCUT2D eigenvalue weighted by molar-refractivity contribution is 9.11. The van der Waals surface area contributed by atoms with Crippen LogP contribution in [0.15, 0.2) is 33.4 Å². The first-order valence-corrected chi connectivity index (χ1v) is 8.65. The summed E-state index contributed by atoms with van der Waals surface area (Å²) in [5, 5.41) is 5.38. The highest BCUT2D eigenvalue weighted by Gasteiger charge is 2.12. The second-order valence-electron chi connectivity index (χ2n) is 5.11. The highest BCUT2D eigenvalue weighted by Crippen LogP contribution is 2.26. The van der Waals surface area contributed by atoms with Gasteiger partial charge < -0.3 is 10.2 Å². The van der Waals surface area contributed by atoms with Crippen LogP contribution < -0.4 is 10.2 Å². The normalized spacial score (nSPS) is 12.4. The van der Waals surface area contributed by atoms with E-state index in [0.717, 1.165) is 15.9 Å². The lowest BCUT2D eigenvalue weighted by Gasteiger charge is -2.21. The standard InChI is InChI=1S/C16H20BrFN2S/c1-4-19-11(2)13-5-6-15(14(18)8-13)20(3)9-12-7-16(17)21-10-12/h5-8,10-11,19H,4,9H2,1-3H3. The topological polar surface area (TPSA) is 15.3 Å². The number of thiophene rings is 1. The quantitative estimate of drug-likeness (QED) is 0.772. The maximum Gasteiger partial charge on any atom is 0.146 e. The van der Waals surface area contributed by atoms with Crippen molar-refractivity contribution in [3.8, 4) is 0 Å². The first-order valence-electron chi connectivity index (χ1n) is 6.98. The van der Waals surface area contributed by atoms with Crippen molar-refractivity contribution in [1.29, 1.82) is 0 Å². The van der Waals surface area contributed by atoms with E-state index in [1.165, 1.54) is 5.56 Å². The number of anilines is 1. The van der Waals surface area contributed by atoms with Crippen LogP contribution in [0, 0.1) is 5.82 Å². The van der Waals surface area contributed by atoms with Crippen LogP contribution in [0.4, 0.5) is 10.1 Å². The van der Waals surface area contributed by atoms with Crippen molar-refractivity contribution in [3.63, 3.8) is 0 Å². The number of hydrogen-bond acceptors (Lipinski definition) is 3. The summed E-state index contributed by atoms with van der Waals surface area (Å²) in [4.78, 5) is 1.94. The summed E-state index contributed by atoms with van der Waals surface area (Å²) < 4.78 is 15.4. The first kappa shape index (κ1) is 16.5. The van der Waals surface area contributed by atoms with Crippen LogP contribution in [0.2, 0.25) is 0 Å². The van der Waals surface area contributed by atoms with Crippen LogP contribution in [0.5, 0.6) is 0 Å². The molecule has 0 radical (unpaired) electrons. The molecule has 1 N–H and O–H groups in total. The van der Waals surface area contributed by atoms with Gasteiger partial charge in [-0.25, -0.2) is 4.39 Å². The molecule has 0 aliphatic carbocycles. The van der Waals surface area contributed by atoms with Crippen LogP contribution in [-0.2, 0) is 6.54 Å². The highest BCUT2D eigenvalue weighted by atomic mass is 79.9. The van der Waals surface area contributed by atoms with Crippen molar-refractivity contribution in [3.05, 3.63) is 50.4 Å². The fourth-order valence-electron chi connectivity index (χ4n) is 2.31. The SMILES string of the molecule is CCNC(C)c1ccc(N(C)Cc2csc(Br)c2)c(F)c1. The summed E-state index contributed by atoms with van der Waals surface area (Å²) in [6, 6.07) is 7.71. The predicted octanol–water partition coefficient (Wildman–Crippen LogP) is 4.96. The molecule has 1 heterocycles. The van der Waals surface area contributed by atoms with Gasteiger partial charge >= 0.3 is 0 Å². The van der Waals surface area contributed by atoms with E-state index in [2.05, 4.69) is 32.7 Å². The van der Waals surface area contributed by atoms with Gasteiger partial charge in [-0.2, -0.15) is 0 Å². The minimum atomic E-state index is -0.172. The summed E-state index contributed by atoms with van der Waals surface area (Å²) in [7, 11) is 1.91. The van der Waals surface area contributed by atoms with E-state index in [0.29, 0.717) is 12.2 Å². The molecule has 0 amide bonds. The Morgan fingerprint density at radius 1 is 1.38 bits per heavy atom. The van der Waals surface area contributed by atoms with Crippen molar-refractivity contribution < 1.29 is 4.39 Å². The maximum atomic E-state index is 14.3. The van der Waals surface area contributed by atoms with Gasteiger partial charge in [-0.15, -0.1) is 11.3 Å². The molecule has 0 fully saturated rings. The zero-order chi connectivity index (χ0) is 15.4. The van der Waals surface area contributed by atoms with Crippen molar-refractivity contribution in [1.82, 2.24) is 5.32 Å². The van der Waals surface area contributed by atoms with Gasteiger partial charge in [0.1, 0.15) is 5.82 Å². The van der Waals surface area contributed by atoms with E-state index in [1.807, 2.05) is 37.9 Å². The molecule has 0 aliphatic rings. The van der Waals surface area contributed by atoms with Gasteiger partial charge in [-0.05, 0) is 64.1 Å². The molecule has 1 atom stereocenters. The Morgan fingerprint density at radius 2 is 2.14 bits per heavy atom. The molecule has 1 aromatic carbocycles. The van der Waals surface area contributed by atoms with Gasteiger partial charge in [0.25, 0.3) is 0 Å². The third-order valence-electron chi connectivity index (χ3n) is 3.43. The lowest BCUT2D eigenvalue weighted by Crippen LogP contribution is -2.20. The van der Waals surface area contributed by atoms with Crippen LogP contribution in [0.3, 0.4) is 0 Å². The summed E-state index contributed by atoms with van der Waals surface area (Å²) in [6.07, 6.45) is 0. The number of benzene rings is 1. The summed E-state index contributed by atoms with van der Waals surface area (Å²) in [6.45, 7) is 5.66. The van der Waals surface area contributed by atoms with Crippen LogP contribution in [-0.4, -0.2) is 13.6 Å². The van der Waals surface area contributed by atoms with Crippen LogP contribution >= 0.6 is 27.3 Å². The van der Waals surface area contributed by atoms with E-state index < -0.39 is 0 Å². The Bertz CT molecular complexity index is 600. The Labute approximate surface area is 138 Å². The number of rotatable bonds is 6. The molecule has 2 aromatic rings. The van der Waals surface area contributed by atoms with E-state index in [4.69, 9.17) is 0 Å². The lowest BCUT2D eigenvalue weighted by molar-refractivity contribution is 0.581. The average Bonchev–Trinajstić information content (AvgIpc) is 2.84. The molecule has 21 heavy (non-hydrogen) atoms. The summed E-state index contributed by atoms with van der Waals surface area (Å²) >= 11 is 5.10. The lowest BCUT2D eigenvalue weighted by atomic mass is 10.1. The Morgan fingerprint density at radius 3 is 2.71 bits per heavy atom. The molecule has 0 saturated carbocycles. The largest absolute Gasteiger partial charge is 0.368 e. The molecule has 1 aromatic heterocycles. The molecule has 0 spiro atoms. The summed E-state index contributed by atoms with van der Waals surface area (Å²) in [5.74, 6) is -0.172. The molecule has 0 bridgehead atoms. The van der Waals surface area contributed by atoms with Crippen molar-refractivity contribution in [2.24, 2.45) is 0 Å².